The average Bonchev–Trinajstić information content (AvgIpc) is 3.14. The van der Waals surface area contributed by atoms with Crippen molar-refractivity contribution in [2.75, 3.05) is 26.7 Å². The molecule has 1 saturated heterocycles. The van der Waals surface area contributed by atoms with Gasteiger partial charge in [0.15, 0.2) is 11.5 Å². The highest BCUT2D eigenvalue weighted by molar-refractivity contribution is 5.85. The molecule has 0 bridgehead atoms. The number of benzene rings is 2. The molecule has 4 nitrogen and oxygen atoms in total. The fourth-order valence-electron chi connectivity index (χ4n) is 3.83. The molecule has 0 radical (unpaired) electrons. The number of likely N-dealkylation sites (N-methyl/N-ethyl adjacent to an activating group) is 1. The Morgan fingerprint density at radius 2 is 1.90 bits per heavy atom. The molecule has 0 saturated carbocycles. The normalized spacial score (nSPS) is 16.0. The predicted octanol–water partition coefficient (Wildman–Crippen LogP) is 5.00. The van der Waals surface area contributed by atoms with Crippen molar-refractivity contribution in [1.29, 1.82) is 0 Å². The third-order valence-corrected chi connectivity index (χ3v) is 5.32. The summed E-state index contributed by atoms with van der Waals surface area (Å²) in [5.74, 6) is 1.58. The standard InChI is InChI=1S/C23H32N2O2.2ClH/c1-4-25-12-6-9-21(25)16-24-15-19-10-11-22(23(14-19)26-3)27-17-20-8-5-7-18(2)13-20;;/h5,7-8,10-11,13-14,21,24H,4,6,9,12,15-17H2,1-3H3;2*1H. The number of rotatable bonds is 9. The Balaban J connectivity index is 0.00000210. The van der Waals surface area contributed by atoms with Gasteiger partial charge in [0, 0.05) is 19.1 Å². The highest BCUT2D eigenvalue weighted by Crippen LogP contribution is 2.29. The van der Waals surface area contributed by atoms with Crippen molar-refractivity contribution in [1.82, 2.24) is 10.2 Å². The van der Waals surface area contributed by atoms with Gasteiger partial charge in [-0.2, -0.15) is 0 Å². The van der Waals surface area contributed by atoms with Crippen LogP contribution < -0.4 is 14.8 Å². The maximum atomic E-state index is 5.99. The summed E-state index contributed by atoms with van der Waals surface area (Å²) in [6.45, 7) is 9.17. The Hall–Kier alpha value is -1.46. The van der Waals surface area contributed by atoms with E-state index in [1.807, 2.05) is 6.07 Å². The van der Waals surface area contributed by atoms with Crippen molar-refractivity contribution < 1.29 is 9.47 Å². The zero-order chi connectivity index (χ0) is 19.1. The van der Waals surface area contributed by atoms with Gasteiger partial charge in [0.25, 0.3) is 0 Å². The van der Waals surface area contributed by atoms with Gasteiger partial charge in [0.05, 0.1) is 7.11 Å². The molecule has 1 atom stereocenters. The Kier molecular flexibility index (Phi) is 11.4. The minimum absolute atomic E-state index is 0. The molecule has 1 unspecified atom stereocenters. The molecular weight excluding hydrogens is 407 g/mol. The average molecular weight is 441 g/mol. The maximum Gasteiger partial charge on any atom is 0.161 e. The van der Waals surface area contributed by atoms with Gasteiger partial charge in [-0.25, -0.2) is 0 Å². The number of aryl methyl sites for hydroxylation is 1. The number of nitrogens with zero attached hydrogens (tertiary/aromatic N) is 1. The van der Waals surface area contributed by atoms with E-state index in [0.717, 1.165) is 31.1 Å². The van der Waals surface area contributed by atoms with Crippen LogP contribution >= 0.6 is 24.8 Å². The molecule has 0 aromatic heterocycles. The molecule has 0 aliphatic carbocycles. The lowest BCUT2D eigenvalue weighted by atomic mass is 10.1. The molecular formula is C23H34Cl2N2O2. The van der Waals surface area contributed by atoms with Crippen LogP contribution in [-0.4, -0.2) is 37.7 Å². The lowest BCUT2D eigenvalue weighted by molar-refractivity contribution is 0.260. The van der Waals surface area contributed by atoms with E-state index in [2.05, 4.69) is 60.5 Å². The van der Waals surface area contributed by atoms with Crippen molar-refractivity contribution in [3.63, 3.8) is 0 Å². The fourth-order valence-corrected chi connectivity index (χ4v) is 3.83. The van der Waals surface area contributed by atoms with Gasteiger partial charge in [0.2, 0.25) is 0 Å². The Labute approximate surface area is 187 Å². The summed E-state index contributed by atoms with van der Waals surface area (Å²) in [7, 11) is 1.70. The predicted molar refractivity (Wildman–Crippen MR) is 125 cm³/mol. The van der Waals surface area contributed by atoms with Crippen molar-refractivity contribution >= 4 is 24.8 Å². The summed E-state index contributed by atoms with van der Waals surface area (Å²) >= 11 is 0. The number of likely N-dealkylation sites (tertiary alicyclic amines) is 1. The number of methoxy groups -OCH3 is 1. The monoisotopic (exact) mass is 440 g/mol. The van der Waals surface area contributed by atoms with E-state index in [0.29, 0.717) is 12.6 Å². The summed E-state index contributed by atoms with van der Waals surface area (Å²) in [5, 5.41) is 3.60. The second kappa shape index (κ2) is 13.0. The Morgan fingerprint density at radius 1 is 1.07 bits per heavy atom. The van der Waals surface area contributed by atoms with Crippen LogP contribution in [0.1, 0.15) is 36.5 Å². The first-order valence-corrected chi connectivity index (χ1v) is 9.99. The molecule has 0 spiro atoms. The van der Waals surface area contributed by atoms with E-state index >= 15 is 0 Å². The van der Waals surface area contributed by atoms with Gasteiger partial charge in [-0.3, -0.25) is 4.90 Å². The summed E-state index contributed by atoms with van der Waals surface area (Å²) in [5.41, 5.74) is 3.63. The van der Waals surface area contributed by atoms with Crippen LogP contribution in [0.5, 0.6) is 11.5 Å². The van der Waals surface area contributed by atoms with Crippen LogP contribution in [0.2, 0.25) is 0 Å². The summed E-state index contributed by atoms with van der Waals surface area (Å²) in [6, 6.07) is 15.3. The summed E-state index contributed by atoms with van der Waals surface area (Å²) in [4.78, 5) is 2.57. The van der Waals surface area contributed by atoms with E-state index in [9.17, 15) is 0 Å². The molecule has 6 heteroatoms. The van der Waals surface area contributed by atoms with Crippen LogP contribution in [0.25, 0.3) is 0 Å². The van der Waals surface area contributed by atoms with Crippen molar-refractivity contribution in [3.05, 3.63) is 59.2 Å². The van der Waals surface area contributed by atoms with Crippen LogP contribution in [-0.2, 0) is 13.2 Å². The minimum atomic E-state index is 0. The molecule has 29 heavy (non-hydrogen) atoms. The van der Waals surface area contributed by atoms with Crippen LogP contribution in [0.15, 0.2) is 42.5 Å². The second-order valence-electron chi connectivity index (χ2n) is 7.32. The number of halogens is 2. The van der Waals surface area contributed by atoms with Gasteiger partial charge >= 0.3 is 0 Å². The van der Waals surface area contributed by atoms with Crippen molar-refractivity contribution in [3.8, 4) is 11.5 Å². The third-order valence-electron chi connectivity index (χ3n) is 5.32. The van der Waals surface area contributed by atoms with Gasteiger partial charge in [0.1, 0.15) is 6.61 Å². The highest BCUT2D eigenvalue weighted by Gasteiger charge is 2.22. The van der Waals surface area contributed by atoms with Crippen molar-refractivity contribution in [2.24, 2.45) is 0 Å². The molecule has 2 aromatic carbocycles. The van der Waals surface area contributed by atoms with E-state index in [4.69, 9.17) is 9.47 Å². The molecule has 1 aliphatic heterocycles. The number of ether oxygens (including phenoxy) is 2. The molecule has 162 valence electrons. The molecule has 3 rings (SSSR count). The molecule has 1 fully saturated rings. The van der Waals surface area contributed by atoms with Gasteiger partial charge in [-0.15, -0.1) is 24.8 Å². The maximum absolute atomic E-state index is 5.99. The summed E-state index contributed by atoms with van der Waals surface area (Å²) in [6.07, 6.45) is 2.62. The first-order valence-electron chi connectivity index (χ1n) is 9.99. The van der Waals surface area contributed by atoms with Gasteiger partial charge in [-0.05, 0) is 56.1 Å². The van der Waals surface area contributed by atoms with Crippen LogP contribution in [0.4, 0.5) is 0 Å². The largest absolute Gasteiger partial charge is 0.493 e. The first kappa shape index (κ1) is 25.6. The SMILES string of the molecule is CCN1CCCC1CNCc1ccc(OCc2cccc(C)c2)c(OC)c1.Cl.Cl. The zero-order valence-electron chi connectivity index (χ0n) is 17.6. The quantitative estimate of drug-likeness (QED) is 0.594. The van der Waals surface area contributed by atoms with E-state index < -0.39 is 0 Å². The van der Waals surface area contributed by atoms with Crippen LogP contribution in [0.3, 0.4) is 0 Å². The molecule has 1 heterocycles. The first-order chi connectivity index (χ1) is 13.2. The fraction of sp³-hybridized carbons (Fsp3) is 0.478. The second-order valence-corrected chi connectivity index (χ2v) is 7.32. The lowest BCUT2D eigenvalue weighted by Gasteiger charge is -2.23. The highest BCUT2D eigenvalue weighted by atomic mass is 35.5. The Morgan fingerprint density at radius 3 is 2.62 bits per heavy atom. The van der Waals surface area contributed by atoms with Crippen LogP contribution in [0, 0.1) is 6.92 Å². The number of nitrogens with one attached hydrogen (secondary N) is 1. The van der Waals surface area contributed by atoms with Crippen molar-refractivity contribution in [2.45, 2.75) is 45.9 Å². The minimum Gasteiger partial charge on any atom is -0.493 e. The van der Waals surface area contributed by atoms with E-state index in [1.165, 1.54) is 36.1 Å². The number of hydrogen-bond acceptors (Lipinski definition) is 4. The lowest BCUT2D eigenvalue weighted by Crippen LogP contribution is -2.37. The topological polar surface area (TPSA) is 33.7 Å². The van der Waals surface area contributed by atoms with Gasteiger partial charge in [-0.1, -0.05) is 42.8 Å². The Bertz CT molecular complexity index is 743. The van der Waals surface area contributed by atoms with Gasteiger partial charge < -0.3 is 14.8 Å². The molecule has 1 aliphatic rings. The summed E-state index contributed by atoms with van der Waals surface area (Å²) < 4.78 is 11.5. The molecule has 2 aromatic rings. The third kappa shape index (κ3) is 7.38. The van der Waals surface area contributed by atoms with E-state index in [1.54, 1.807) is 7.11 Å². The smallest absolute Gasteiger partial charge is 0.161 e. The molecule has 1 N–H and O–H groups in total. The van der Waals surface area contributed by atoms with E-state index in [-0.39, 0.29) is 24.8 Å². The zero-order valence-corrected chi connectivity index (χ0v) is 19.3. The number of hydrogen-bond donors (Lipinski definition) is 1. The molecule has 0 amide bonds.